The van der Waals surface area contributed by atoms with Crippen LogP contribution < -0.4 is 5.32 Å². The van der Waals surface area contributed by atoms with Crippen LogP contribution in [0.2, 0.25) is 0 Å². The Balaban J connectivity index is 1.63. The Kier molecular flexibility index (Phi) is 6.30. The first-order chi connectivity index (χ1) is 12.7. The van der Waals surface area contributed by atoms with E-state index in [1.54, 1.807) is 0 Å². The van der Waals surface area contributed by atoms with E-state index >= 15 is 0 Å². The van der Waals surface area contributed by atoms with Crippen molar-refractivity contribution in [1.29, 1.82) is 0 Å². The summed E-state index contributed by atoms with van der Waals surface area (Å²) in [6, 6.07) is 21.6. The van der Waals surface area contributed by atoms with Crippen LogP contribution in [0, 0.1) is 0 Å². The first kappa shape index (κ1) is 18.5. The van der Waals surface area contributed by atoms with Crippen molar-refractivity contribution in [2.75, 3.05) is 13.2 Å². The number of hydrogen-bond donors (Lipinski definition) is 1. The molecule has 0 aliphatic heterocycles. The molecule has 0 heterocycles. The van der Waals surface area contributed by atoms with Gasteiger partial charge in [0.1, 0.15) is 5.76 Å². The topological polar surface area (TPSA) is 21.3 Å². The molecular formula is C24H29NO. The summed E-state index contributed by atoms with van der Waals surface area (Å²) in [6.07, 6.45) is 8.53. The SMILES string of the molecule is CCOC1=CCC(C)(NCCC(c2ccccc2)c2ccccc2)C=C1. The van der Waals surface area contributed by atoms with Crippen LogP contribution in [0.1, 0.15) is 43.7 Å². The van der Waals surface area contributed by atoms with E-state index in [-0.39, 0.29) is 5.54 Å². The quantitative estimate of drug-likeness (QED) is 0.687. The van der Waals surface area contributed by atoms with Crippen LogP contribution in [0.4, 0.5) is 0 Å². The predicted molar refractivity (Wildman–Crippen MR) is 109 cm³/mol. The summed E-state index contributed by atoms with van der Waals surface area (Å²) >= 11 is 0. The summed E-state index contributed by atoms with van der Waals surface area (Å²) in [7, 11) is 0. The molecule has 0 aromatic heterocycles. The van der Waals surface area contributed by atoms with Crippen LogP contribution in [0.15, 0.2) is 84.7 Å². The molecule has 1 atom stereocenters. The lowest BCUT2D eigenvalue weighted by molar-refractivity contribution is 0.236. The zero-order valence-electron chi connectivity index (χ0n) is 15.8. The number of nitrogens with one attached hydrogen (secondary N) is 1. The second-order valence-electron chi connectivity index (χ2n) is 7.08. The number of allylic oxidation sites excluding steroid dienone is 1. The van der Waals surface area contributed by atoms with Gasteiger partial charge in [-0.3, -0.25) is 0 Å². The van der Waals surface area contributed by atoms with Crippen LogP contribution in [0.3, 0.4) is 0 Å². The van der Waals surface area contributed by atoms with Gasteiger partial charge in [0.15, 0.2) is 0 Å². The van der Waals surface area contributed by atoms with Gasteiger partial charge in [-0.1, -0.05) is 66.7 Å². The Labute approximate surface area is 157 Å². The van der Waals surface area contributed by atoms with Gasteiger partial charge < -0.3 is 10.1 Å². The van der Waals surface area contributed by atoms with Gasteiger partial charge in [-0.05, 0) is 56.5 Å². The fraction of sp³-hybridized carbons (Fsp3) is 0.333. The van der Waals surface area contributed by atoms with Crippen molar-refractivity contribution in [2.24, 2.45) is 0 Å². The maximum atomic E-state index is 5.58. The van der Waals surface area contributed by atoms with Crippen molar-refractivity contribution in [3.8, 4) is 0 Å². The molecule has 1 aliphatic carbocycles. The van der Waals surface area contributed by atoms with E-state index in [9.17, 15) is 0 Å². The van der Waals surface area contributed by atoms with Crippen molar-refractivity contribution in [2.45, 2.75) is 38.1 Å². The summed E-state index contributed by atoms with van der Waals surface area (Å²) in [5, 5.41) is 3.74. The maximum Gasteiger partial charge on any atom is 0.115 e. The van der Waals surface area contributed by atoms with Crippen LogP contribution in [0.25, 0.3) is 0 Å². The van der Waals surface area contributed by atoms with E-state index in [0.29, 0.717) is 5.92 Å². The molecule has 3 rings (SSSR count). The zero-order valence-corrected chi connectivity index (χ0v) is 15.8. The Morgan fingerprint density at radius 1 is 1.00 bits per heavy atom. The van der Waals surface area contributed by atoms with Crippen LogP contribution >= 0.6 is 0 Å². The van der Waals surface area contributed by atoms with Gasteiger partial charge in [0, 0.05) is 11.5 Å². The third-order valence-corrected chi connectivity index (χ3v) is 5.02. The molecule has 2 heteroatoms. The molecule has 0 amide bonds. The van der Waals surface area contributed by atoms with E-state index in [4.69, 9.17) is 4.74 Å². The molecule has 1 N–H and O–H groups in total. The third-order valence-electron chi connectivity index (χ3n) is 5.02. The van der Waals surface area contributed by atoms with E-state index in [2.05, 4.69) is 91.1 Å². The molecule has 0 fully saturated rings. The van der Waals surface area contributed by atoms with Gasteiger partial charge in [-0.25, -0.2) is 0 Å². The third kappa shape index (κ3) is 4.86. The molecule has 0 saturated carbocycles. The lowest BCUT2D eigenvalue weighted by atomic mass is 9.87. The van der Waals surface area contributed by atoms with Gasteiger partial charge in [0.2, 0.25) is 0 Å². The number of rotatable bonds is 8. The summed E-state index contributed by atoms with van der Waals surface area (Å²) in [5.41, 5.74) is 2.75. The molecule has 0 saturated heterocycles. The van der Waals surface area contributed by atoms with E-state index < -0.39 is 0 Å². The largest absolute Gasteiger partial charge is 0.494 e. The van der Waals surface area contributed by atoms with Crippen molar-refractivity contribution < 1.29 is 4.74 Å². The van der Waals surface area contributed by atoms with Crippen molar-refractivity contribution >= 4 is 0 Å². The minimum absolute atomic E-state index is 0.00146. The summed E-state index contributed by atoms with van der Waals surface area (Å²) in [4.78, 5) is 0. The molecule has 136 valence electrons. The van der Waals surface area contributed by atoms with Crippen LogP contribution in [-0.2, 0) is 4.74 Å². The highest BCUT2D eigenvalue weighted by molar-refractivity contribution is 5.32. The molecule has 2 aromatic carbocycles. The first-order valence-corrected chi connectivity index (χ1v) is 9.57. The first-order valence-electron chi connectivity index (χ1n) is 9.57. The van der Waals surface area contributed by atoms with Crippen LogP contribution in [-0.4, -0.2) is 18.7 Å². The number of hydrogen-bond acceptors (Lipinski definition) is 2. The van der Waals surface area contributed by atoms with Gasteiger partial charge >= 0.3 is 0 Å². The molecule has 1 aliphatic rings. The average molecular weight is 348 g/mol. The van der Waals surface area contributed by atoms with Gasteiger partial charge in [-0.2, -0.15) is 0 Å². The predicted octanol–water partition coefficient (Wildman–Crippen LogP) is 5.44. The Bertz CT molecular complexity index is 696. The highest BCUT2D eigenvalue weighted by Gasteiger charge is 2.23. The Morgan fingerprint density at radius 3 is 2.12 bits per heavy atom. The second-order valence-corrected chi connectivity index (χ2v) is 7.08. The molecule has 0 spiro atoms. The summed E-state index contributed by atoms with van der Waals surface area (Å²) < 4.78 is 5.58. The van der Waals surface area contributed by atoms with Crippen molar-refractivity contribution in [3.05, 3.63) is 95.8 Å². The molecule has 0 bridgehead atoms. The van der Waals surface area contributed by atoms with Crippen molar-refractivity contribution in [1.82, 2.24) is 5.32 Å². The molecule has 2 nitrogen and oxygen atoms in total. The highest BCUT2D eigenvalue weighted by Crippen LogP contribution is 2.28. The smallest absolute Gasteiger partial charge is 0.115 e. The fourth-order valence-electron chi connectivity index (χ4n) is 3.52. The Hall–Kier alpha value is -2.32. The Morgan fingerprint density at radius 2 is 1.62 bits per heavy atom. The van der Waals surface area contributed by atoms with Gasteiger partial charge in [0.05, 0.1) is 6.61 Å². The monoisotopic (exact) mass is 347 g/mol. The van der Waals surface area contributed by atoms with Gasteiger partial charge in [0.25, 0.3) is 0 Å². The van der Waals surface area contributed by atoms with Crippen molar-refractivity contribution in [3.63, 3.8) is 0 Å². The lowest BCUT2D eigenvalue weighted by Gasteiger charge is -2.30. The minimum atomic E-state index is -0.00146. The number of ether oxygens (including phenoxy) is 1. The fourth-order valence-corrected chi connectivity index (χ4v) is 3.52. The van der Waals surface area contributed by atoms with E-state index in [0.717, 1.165) is 31.8 Å². The average Bonchev–Trinajstić information content (AvgIpc) is 2.69. The van der Waals surface area contributed by atoms with Crippen LogP contribution in [0.5, 0.6) is 0 Å². The highest BCUT2D eigenvalue weighted by atomic mass is 16.5. The summed E-state index contributed by atoms with van der Waals surface area (Å²) in [6.45, 7) is 5.96. The molecule has 26 heavy (non-hydrogen) atoms. The standard InChI is InChI=1S/C24H29NO/c1-3-26-22-14-17-24(2,18-15-22)25-19-16-23(20-10-6-4-7-11-20)21-12-8-5-9-13-21/h4-15,17,23,25H,3,16,18-19H2,1-2H3. The minimum Gasteiger partial charge on any atom is -0.494 e. The second kappa shape index (κ2) is 8.86. The molecular weight excluding hydrogens is 318 g/mol. The maximum absolute atomic E-state index is 5.58. The van der Waals surface area contributed by atoms with Gasteiger partial charge in [-0.15, -0.1) is 0 Å². The number of benzene rings is 2. The lowest BCUT2D eigenvalue weighted by Crippen LogP contribution is -2.42. The molecule has 1 unspecified atom stereocenters. The van der Waals surface area contributed by atoms with E-state index in [1.807, 2.05) is 6.92 Å². The summed E-state index contributed by atoms with van der Waals surface area (Å²) in [5.74, 6) is 1.40. The molecule has 2 aromatic rings. The normalized spacial score (nSPS) is 19.4. The van der Waals surface area contributed by atoms with E-state index in [1.165, 1.54) is 11.1 Å². The zero-order chi connectivity index (χ0) is 18.2. The molecule has 0 radical (unpaired) electrons.